The zero-order chi connectivity index (χ0) is 22.2. The second kappa shape index (κ2) is 11.2. The third-order valence-electron chi connectivity index (χ3n) is 3.83. The van der Waals surface area contributed by atoms with Gasteiger partial charge in [0.2, 0.25) is 0 Å². The zero-order valence-corrected chi connectivity index (χ0v) is 19.4. The van der Waals surface area contributed by atoms with Crippen LogP contribution in [0.15, 0.2) is 62.3 Å². The number of rotatable bonds is 9. The van der Waals surface area contributed by atoms with E-state index in [0.29, 0.717) is 20.6 Å². The number of nitrogens with zero attached hydrogens (tertiary/aromatic N) is 4. The third-order valence-corrected chi connectivity index (χ3v) is 7.35. The van der Waals surface area contributed by atoms with Crippen molar-refractivity contribution in [1.82, 2.24) is 15.6 Å². The van der Waals surface area contributed by atoms with Crippen molar-refractivity contribution in [1.29, 1.82) is 0 Å². The van der Waals surface area contributed by atoms with Crippen LogP contribution in [-0.4, -0.2) is 32.5 Å². The Bertz CT molecular complexity index is 1090. The van der Waals surface area contributed by atoms with E-state index in [9.17, 15) is 14.9 Å². The van der Waals surface area contributed by atoms with Gasteiger partial charge in [0, 0.05) is 22.9 Å². The average molecular weight is 494 g/mol. The molecule has 0 unspecified atom stereocenters. The van der Waals surface area contributed by atoms with Crippen LogP contribution in [0.5, 0.6) is 0 Å². The number of thioether (sulfide) groups is 2. The summed E-state index contributed by atoms with van der Waals surface area (Å²) in [5.74, 6) is 0.623. The molecule has 1 aromatic heterocycles. The highest BCUT2D eigenvalue weighted by atomic mass is 35.5. The van der Waals surface area contributed by atoms with Gasteiger partial charge in [0.05, 0.1) is 16.4 Å². The minimum Gasteiger partial charge on any atom is -0.272 e. The first-order valence-corrected chi connectivity index (χ1v) is 12.0. The van der Waals surface area contributed by atoms with E-state index in [0.717, 1.165) is 15.7 Å². The first-order chi connectivity index (χ1) is 14.9. The number of hydrazone groups is 1. The number of non-ortho nitro benzene ring substituents is 1. The average Bonchev–Trinajstić information content (AvgIpc) is 3.23. The molecule has 0 bridgehead atoms. The van der Waals surface area contributed by atoms with E-state index >= 15 is 0 Å². The fourth-order valence-electron chi connectivity index (χ4n) is 2.23. The number of carbonyl (C=O) groups excluding carboxylic acids is 1. The van der Waals surface area contributed by atoms with Crippen molar-refractivity contribution in [2.75, 3.05) is 5.75 Å². The number of nitrogens with one attached hydrogen (secondary N) is 1. The van der Waals surface area contributed by atoms with E-state index in [1.165, 1.54) is 35.2 Å². The molecule has 160 valence electrons. The Hall–Kier alpha value is -2.47. The molecule has 3 rings (SSSR count). The van der Waals surface area contributed by atoms with Crippen molar-refractivity contribution in [3.05, 3.63) is 74.8 Å². The zero-order valence-electron chi connectivity index (χ0n) is 16.1. The Labute approximate surface area is 195 Å². The molecular weight excluding hydrogens is 478 g/mol. The molecule has 0 aliphatic carbocycles. The minimum absolute atomic E-state index is 0.000240. The number of carbonyl (C=O) groups is 1. The van der Waals surface area contributed by atoms with E-state index < -0.39 is 4.92 Å². The quantitative estimate of drug-likeness (QED) is 0.193. The molecule has 0 aliphatic rings. The summed E-state index contributed by atoms with van der Waals surface area (Å²) in [7, 11) is 0. The van der Waals surface area contributed by atoms with Crippen LogP contribution in [0.4, 0.5) is 5.69 Å². The van der Waals surface area contributed by atoms with E-state index in [1.54, 1.807) is 30.8 Å². The summed E-state index contributed by atoms with van der Waals surface area (Å²) in [6.07, 6.45) is 0. The van der Waals surface area contributed by atoms with Gasteiger partial charge in [0.25, 0.3) is 11.6 Å². The fraction of sp³-hybridized carbons (Fsp3) is 0.158. The number of benzene rings is 2. The van der Waals surface area contributed by atoms with Gasteiger partial charge in [-0.05, 0) is 42.3 Å². The summed E-state index contributed by atoms with van der Waals surface area (Å²) in [6, 6.07) is 13.6. The van der Waals surface area contributed by atoms with Gasteiger partial charge in [-0.15, -0.1) is 10.2 Å². The van der Waals surface area contributed by atoms with Gasteiger partial charge in [0.1, 0.15) is 0 Å². The Morgan fingerprint density at radius 1 is 1.13 bits per heavy atom. The number of hydrogen-bond acceptors (Lipinski definition) is 9. The molecule has 2 aromatic carbocycles. The second-order valence-corrected chi connectivity index (χ2v) is 9.93. The Morgan fingerprint density at radius 2 is 1.77 bits per heavy atom. The summed E-state index contributed by atoms with van der Waals surface area (Å²) in [6.45, 7) is 1.71. The molecule has 8 nitrogen and oxygen atoms in total. The molecule has 1 heterocycles. The number of amides is 1. The van der Waals surface area contributed by atoms with Crippen LogP contribution in [0.25, 0.3) is 0 Å². The minimum atomic E-state index is -0.468. The van der Waals surface area contributed by atoms with Crippen molar-refractivity contribution >= 4 is 63.8 Å². The molecule has 31 heavy (non-hydrogen) atoms. The standard InChI is InChI=1S/C19H16ClN5O3S3/c1-12(14-4-8-16(9-5-14)25(27)28)21-22-17(26)11-30-19-24-23-18(31-19)29-10-13-2-6-15(20)7-3-13/h2-9H,10-11H2,1H3,(H,22,26)/b21-12-. The molecule has 0 saturated heterocycles. The summed E-state index contributed by atoms with van der Waals surface area (Å²) in [4.78, 5) is 22.3. The van der Waals surface area contributed by atoms with E-state index in [1.807, 2.05) is 24.3 Å². The Morgan fingerprint density at radius 3 is 2.42 bits per heavy atom. The fourth-order valence-corrected chi connectivity index (χ4v) is 5.13. The summed E-state index contributed by atoms with van der Waals surface area (Å²) in [5.41, 5.74) is 4.85. The topological polar surface area (TPSA) is 110 Å². The number of halogens is 1. The highest BCUT2D eigenvalue weighted by Crippen LogP contribution is 2.30. The van der Waals surface area contributed by atoms with Crippen molar-refractivity contribution in [3.8, 4) is 0 Å². The molecule has 12 heteroatoms. The molecule has 3 aromatic rings. The lowest BCUT2D eigenvalue weighted by molar-refractivity contribution is -0.384. The van der Waals surface area contributed by atoms with Gasteiger partial charge < -0.3 is 0 Å². The first-order valence-electron chi connectivity index (χ1n) is 8.82. The molecule has 0 saturated carbocycles. The van der Waals surface area contributed by atoms with Crippen LogP contribution in [0.3, 0.4) is 0 Å². The monoisotopic (exact) mass is 493 g/mol. The van der Waals surface area contributed by atoms with Gasteiger partial charge in [-0.25, -0.2) is 5.43 Å². The molecule has 1 amide bonds. The van der Waals surface area contributed by atoms with Crippen molar-refractivity contribution < 1.29 is 9.72 Å². The maximum Gasteiger partial charge on any atom is 0.269 e. The predicted octanol–water partition coefficient (Wildman–Crippen LogP) is 5.02. The molecule has 1 N–H and O–H groups in total. The molecule has 0 radical (unpaired) electrons. The summed E-state index contributed by atoms with van der Waals surface area (Å²) < 4.78 is 1.52. The first kappa shape index (κ1) is 23.2. The van der Waals surface area contributed by atoms with Crippen molar-refractivity contribution in [2.45, 2.75) is 21.4 Å². The smallest absolute Gasteiger partial charge is 0.269 e. The molecule has 0 aliphatic heterocycles. The van der Waals surface area contributed by atoms with Crippen LogP contribution >= 0.6 is 46.5 Å². The Balaban J connectivity index is 1.44. The largest absolute Gasteiger partial charge is 0.272 e. The lowest BCUT2D eigenvalue weighted by Crippen LogP contribution is -2.21. The number of aromatic nitrogens is 2. The van der Waals surface area contributed by atoms with Crippen LogP contribution in [0, 0.1) is 10.1 Å². The number of hydrogen-bond donors (Lipinski definition) is 1. The molecule has 0 fully saturated rings. The van der Waals surface area contributed by atoms with Crippen LogP contribution in [-0.2, 0) is 10.5 Å². The van der Waals surface area contributed by atoms with Crippen molar-refractivity contribution in [3.63, 3.8) is 0 Å². The van der Waals surface area contributed by atoms with Gasteiger partial charge >= 0.3 is 0 Å². The highest BCUT2D eigenvalue weighted by Gasteiger charge is 2.10. The second-order valence-electron chi connectivity index (χ2n) is 6.07. The van der Waals surface area contributed by atoms with Gasteiger partial charge in [0.15, 0.2) is 8.68 Å². The summed E-state index contributed by atoms with van der Waals surface area (Å²) >= 11 is 10.2. The van der Waals surface area contributed by atoms with E-state index in [4.69, 9.17) is 11.6 Å². The van der Waals surface area contributed by atoms with E-state index in [-0.39, 0.29) is 17.3 Å². The van der Waals surface area contributed by atoms with E-state index in [2.05, 4.69) is 20.7 Å². The number of nitro benzene ring substituents is 1. The maximum atomic E-state index is 12.1. The third kappa shape index (κ3) is 7.31. The van der Waals surface area contributed by atoms with Gasteiger partial charge in [-0.1, -0.05) is 58.6 Å². The molecular formula is C19H16ClN5O3S3. The SMILES string of the molecule is C/C(=N/NC(=O)CSc1nnc(SCc2ccc(Cl)cc2)s1)c1ccc([N+](=O)[O-])cc1. The Kier molecular flexibility index (Phi) is 8.41. The maximum absolute atomic E-state index is 12.1. The number of nitro groups is 1. The van der Waals surface area contributed by atoms with Gasteiger partial charge in [-0.3, -0.25) is 14.9 Å². The van der Waals surface area contributed by atoms with Crippen LogP contribution < -0.4 is 5.43 Å². The lowest BCUT2D eigenvalue weighted by Gasteiger charge is -2.02. The summed E-state index contributed by atoms with van der Waals surface area (Å²) in [5, 5.41) is 23.7. The molecule has 0 atom stereocenters. The predicted molar refractivity (Wildman–Crippen MR) is 125 cm³/mol. The lowest BCUT2D eigenvalue weighted by atomic mass is 10.1. The van der Waals surface area contributed by atoms with Gasteiger partial charge in [-0.2, -0.15) is 5.10 Å². The van der Waals surface area contributed by atoms with Crippen LogP contribution in [0.1, 0.15) is 18.1 Å². The van der Waals surface area contributed by atoms with Crippen molar-refractivity contribution in [2.24, 2.45) is 5.10 Å². The normalized spacial score (nSPS) is 11.4. The molecule has 0 spiro atoms. The highest BCUT2D eigenvalue weighted by molar-refractivity contribution is 8.03. The van der Waals surface area contributed by atoms with Crippen LogP contribution in [0.2, 0.25) is 5.02 Å².